The van der Waals surface area contributed by atoms with Crippen LogP contribution in [0.25, 0.3) is 11.4 Å². The summed E-state index contributed by atoms with van der Waals surface area (Å²) in [4.78, 5) is 4.54. The number of rotatable bonds is 7. The quantitative estimate of drug-likeness (QED) is 0.655. The molecule has 3 rings (SSSR count). The van der Waals surface area contributed by atoms with Crippen molar-refractivity contribution in [1.29, 1.82) is 0 Å². The van der Waals surface area contributed by atoms with Crippen molar-refractivity contribution in [2.75, 3.05) is 13.2 Å². The normalized spacial score (nSPS) is 12.0. The summed E-state index contributed by atoms with van der Waals surface area (Å²) >= 11 is 5.92. The number of halogens is 1. The Kier molecular flexibility index (Phi) is 5.75. The van der Waals surface area contributed by atoms with Gasteiger partial charge in [-0.15, -0.1) is 0 Å². The molecular formula is C19H21ClN4O2. The minimum Gasteiger partial charge on any atom is -0.490 e. The molecule has 1 aromatic heterocycles. The highest BCUT2D eigenvalue weighted by atomic mass is 35.5. The molecule has 6 nitrogen and oxygen atoms in total. The van der Waals surface area contributed by atoms with Crippen LogP contribution in [0.3, 0.4) is 0 Å². The highest BCUT2D eigenvalue weighted by molar-refractivity contribution is 6.30. The Morgan fingerprint density at radius 1 is 1.04 bits per heavy atom. The molecule has 3 N–H and O–H groups in total. The first-order chi connectivity index (χ1) is 12.6. The fraction of sp³-hybridized carbons (Fsp3) is 0.263. The molecule has 0 unspecified atom stereocenters. The summed E-state index contributed by atoms with van der Waals surface area (Å²) < 4.78 is 11.2. The van der Waals surface area contributed by atoms with E-state index in [-0.39, 0.29) is 0 Å². The molecule has 0 aliphatic carbocycles. The standard InChI is InChI=1S/C19H21ClN4O2/c1-3-25-15-10-7-13(11-16(15)26-4-2)18-22-19(24-23-18)17(21)12-5-8-14(20)9-6-12/h5-11,17H,3-4,21H2,1-2H3,(H,22,23,24)/t17-/m0/s1. The number of ether oxygens (including phenoxy) is 2. The lowest BCUT2D eigenvalue weighted by molar-refractivity contribution is 0.288. The van der Waals surface area contributed by atoms with Crippen molar-refractivity contribution in [3.05, 3.63) is 58.9 Å². The Bertz CT molecular complexity index is 864. The molecule has 26 heavy (non-hydrogen) atoms. The van der Waals surface area contributed by atoms with Gasteiger partial charge in [-0.25, -0.2) is 4.98 Å². The first-order valence-corrected chi connectivity index (χ1v) is 8.83. The molecule has 0 aliphatic heterocycles. The second-order valence-corrected chi connectivity index (χ2v) is 6.04. The van der Waals surface area contributed by atoms with Crippen molar-refractivity contribution in [2.45, 2.75) is 19.9 Å². The van der Waals surface area contributed by atoms with Gasteiger partial charge in [0.1, 0.15) is 5.82 Å². The average Bonchev–Trinajstić information content (AvgIpc) is 3.14. The third-order valence-corrected chi connectivity index (χ3v) is 4.08. The number of nitrogens with two attached hydrogens (primary N) is 1. The van der Waals surface area contributed by atoms with Crippen LogP contribution in [0.15, 0.2) is 42.5 Å². The molecule has 0 saturated heterocycles. The fourth-order valence-electron chi connectivity index (χ4n) is 2.56. The summed E-state index contributed by atoms with van der Waals surface area (Å²) in [6.45, 7) is 4.98. The van der Waals surface area contributed by atoms with E-state index in [2.05, 4.69) is 15.2 Å². The third kappa shape index (κ3) is 3.98. The number of nitrogens with zero attached hydrogens (tertiary/aromatic N) is 2. The van der Waals surface area contributed by atoms with Crippen LogP contribution in [-0.4, -0.2) is 28.4 Å². The van der Waals surface area contributed by atoms with Gasteiger partial charge in [-0.1, -0.05) is 23.7 Å². The molecule has 0 amide bonds. The van der Waals surface area contributed by atoms with Crippen LogP contribution in [0, 0.1) is 0 Å². The van der Waals surface area contributed by atoms with E-state index in [1.165, 1.54) is 0 Å². The number of aromatic amines is 1. The molecule has 0 fully saturated rings. The Balaban J connectivity index is 1.87. The van der Waals surface area contributed by atoms with Gasteiger partial charge < -0.3 is 15.2 Å². The van der Waals surface area contributed by atoms with E-state index in [9.17, 15) is 0 Å². The fourth-order valence-corrected chi connectivity index (χ4v) is 2.69. The van der Waals surface area contributed by atoms with Crippen LogP contribution in [0.2, 0.25) is 5.02 Å². The minimum absolute atomic E-state index is 0.414. The Morgan fingerprint density at radius 2 is 1.73 bits per heavy atom. The van der Waals surface area contributed by atoms with E-state index >= 15 is 0 Å². The van der Waals surface area contributed by atoms with Crippen molar-refractivity contribution < 1.29 is 9.47 Å². The van der Waals surface area contributed by atoms with E-state index < -0.39 is 6.04 Å². The van der Waals surface area contributed by atoms with Crippen molar-refractivity contribution in [3.63, 3.8) is 0 Å². The lowest BCUT2D eigenvalue weighted by atomic mass is 10.1. The van der Waals surface area contributed by atoms with Gasteiger partial charge in [0, 0.05) is 10.6 Å². The predicted octanol–water partition coefficient (Wildman–Crippen LogP) is 3.97. The molecule has 136 valence electrons. The van der Waals surface area contributed by atoms with E-state index in [0.717, 1.165) is 11.1 Å². The Hall–Kier alpha value is -2.57. The molecular weight excluding hydrogens is 352 g/mol. The molecule has 7 heteroatoms. The monoisotopic (exact) mass is 372 g/mol. The highest BCUT2D eigenvalue weighted by Gasteiger charge is 2.16. The van der Waals surface area contributed by atoms with E-state index in [1.54, 1.807) is 12.1 Å². The second kappa shape index (κ2) is 8.21. The number of nitrogens with one attached hydrogen (secondary N) is 1. The summed E-state index contributed by atoms with van der Waals surface area (Å²) in [5.41, 5.74) is 8.00. The minimum atomic E-state index is -0.414. The molecule has 0 aliphatic rings. The van der Waals surface area contributed by atoms with Crippen LogP contribution in [0.4, 0.5) is 0 Å². The van der Waals surface area contributed by atoms with Gasteiger partial charge in [-0.2, -0.15) is 5.10 Å². The Labute approximate surface area is 157 Å². The summed E-state index contributed by atoms with van der Waals surface area (Å²) in [6.07, 6.45) is 0. The van der Waals surface area contributed by atoms with Gasteiger partial charge in [-0.3, -0.25) is 5.10 Å². The van der Waals surface area contributed by atoms with Crippen LogP contribution in [0.1, 0.15) is 31.3 Å². The number of hydrogen-bond donors (Lipinski definition) is 2. The van der Waals surface area contributed by atoms with Gasteiger partial charge in [0.25, 0.3) is 0 Å². The topological polar surface area (TPSA) is 86.0 Å². The van der Waals surface area contributed by atoms with Gasteiger partial charge in [0.2, 0.25) is 0 Å². The summed E-state index contributed by atoms with van der Waals surface area (Å²) in [5.74, 6) is 2.49. The number of benzene rings is 2. The number of hydrogen-bond acceptors (Lipinski definition) is 5. The Morgan fingerprint density at radius 3 is 2.42 bits per heavy atom. The largest absolute Gasteiger partial charge is 0.490 e. The molecule has 1 heterocycles. The molecule has 1 atom stereocenters. The van der Waals surface area contributed by atoms with Gasteiger partial charge >= 0.3 is 0 Å². The zero-order chi connectivity index (χ0) is 18.5. The molecule has 0 radical (unpaired) electrons. The third-order valence-electron chi connectivity index (χ3n) is 3.83. The number of aromatic nitrogens is 3. The number of H-pyrrole nitrogens is 1. The lowest BCUT2D eigenvalue weighted by Crippen LogP contribution is -2.13. The van der Waals surface area contributed by atoms with Crippen molar-refractivity contribution in [1.82, 2.24) is 15.2 Å². The maximum absolute atomic E-state index is 6.28. The van der Waals surface area contributed by atoms with Gasteiger partial charge in [0.05, 0.1) is 19.3 Å². The van der Waals surface area contributed by atoms with Crippen LogP contribution < -0.4 is 15.2 Å². The first-order valence-electron chi connectivity index (χ1n) is 8.45. The van der Waals surface area contributed by atoms with Gasteiger partial charge in [-0.05, 0) is 49.7 Å². The SMILES string of the molecule is CCOc1ccc(-c2n[nH]c([C@@H](N)c3ccc(Cl)cc3)n2)cc1OCC. The van der Waals surface area contributed by atoms with Crippen molar-refractivity contribution in [3.8, 4) is 22.9 Å². The smallest absolute Gasteiger partial charge is 0.181 e. The van der Waals surface area contributed by atoms with Crippen molar-refractivity contribution >= 4 is 11.6 Å². The molecule has 0 spiro atoms. The molecule has 3 aromatic rings. The van der Waals surface area contributed by atoms with E-state index in [0.29, 0.717) is 41.4 Å². The van der Waals surface area contributed by atoms with Gasteiger partial charge in [0.15, 0.2) is 17.3 Å². The summed E-state index contributed by atoms with van der Waals surface area (Å²) in [5, 5.41) is 7.87. The average molecular weight is 373 g/mol. The maximum atomic E-state index is 6.28. The molecule has 0 saturated carbocycles. The molecule has 0 bridgehead atoms. The zero-order valence-corrected chi connectivity index (χ0v) is 15.5. The van der Waals surface area contributed by atoms with Crippen molar-refractivity contribution in [2.24, 2.45) is 5.73 Å². The highest BCUT2D eigenvalue weighted by Crippen LogP contribution is 2.32. The predicted molar refractivity (Wildman–Crippen MR) is 102 cm³/mol. The first kappa shape index (κ1) is 18.2. The lowest BCUT2D eigenvalue weighted by Gasteiger charge is -2.11. The summed E-state index contributed by atoms with van der Waals surface area (Å²) in [6, 6.07) is 12.6. The molecule has 2 aromatic carbocycles. The maximum Gasteiger partial charge on any atom is 0.181 e. The zero-order valence-electron chi connectivity index (χ0n) is 14.7. The summed E-state index contributed by atoms with van der Waals surface area (Å²) in [7, 11) is 0. The van der Waals surface area contributed by atoms with Crippen LogP contribution in [0.5, 0.6) is 11.5 Å². The van der Waals surface area contributed by atoms with Crippen LogP contribution >= 0.6 is 11.6 Å². The van der Waals surface area contributed by atoms with E-state index in [4.69, 9.17) is 26.8 Å². The van der Waals surface area contributed by atoms with Crippen LogP contribution in [-0.2, 0) is 0 Å². The second-order valence-electron chi connectivity index (χ2n) is 5.60. The van der Waals surface area contributed by atoms with E-state index in [1.807, 2.05) is 44.2 Å².